The smallest absolute Gasteiger partial charge is 0.157 e. The van der Waals surface area contributed by atoms with Crippen LogP contribution in [-0.4, -0.2) is 19.5 Å². The number of ether oxygens (including phenoxy) is 2. The van der Waals surface area contributed by atoms with Gasteiger partial charge in [0.05, 0.1) is 6.61 Å². The molecule has 2 nitrogen and oxygen atoms in total. The molecule has 1 rings (SSSR count). The third kappa shape index (κ3) is 12.1. The average molecular weight is 339 g/mol. The third-order valence-corrected chi connectivity index (χ3v) is 5.20. The van der Waals surface area contributed by atoms with Crippen LogP contribution in [0, 0.1) is 11.8 Å². The second-order valence-corrected chi connectivity index (χ2v) is 7.90. The number of rotatable bonds is 15. The molecule has 24 heavy (non-hydrogen) atoms. The van der Waals surface area contributed by atoms with Gasteiger partial charge in [-0.15, -0.1) is 6.58 Å². The van der Waals surface area contributed by atoms with Crippen LogP contribution in [0.3, 0.4) is 0 Å². The summed E-state index contributed by atoms with van der Waals surface area (Å²) in [5.41, 5.74) is 0. The zero-order chi connectivity index (χ0) is 17.5. The molecule has 1 unspecified atom stereocenters. The fourth-order valence-electron chi connectivity index (χ4n) is 3.47. The van der Waals surface area contributed by atoms with Gasteiger partial charge in [0.25, 0.3) is 0 Å². The largest absolute Gasteiger partial charge is 0.353 e. The van der Waals surface area contributed by atoms with Gasteiger partial charge < -0.3 is 9.47 Å². The van der Waals surface area contributed by atoms with Gasteiger partial charge in [0.2, 0.25) is 0 Å². The van der Waals surface area contributed by atoms with E-state index in [-0.39, 0.29) is 6.29 Å². The molecule has 0 aliphatic carbocycles. The van der Waals surface area contributed by atoms with Crippen LogP contribution < -0.4 is 0 Å². The minimum absolute atomic E-state index is 0.0756. The first-order chi connectivity index (χ1) is 11.7. The quantitative estimate of drug-likeness (QED) is 0.239. The average Bonchev–Trinajstić information content (AvgIpc) is 2.60. The van der Waals surface area contributed by atoms with Crippen LogP contribution in [0.25, 0.3) is 0 Å². The van der Waals surface area contributed by atoms with Crippen molar-refractivity contribution in [3.8, 4) is 0 Å². The lowest BCUT2D eigenvalue weighted by atomic mass is 9.94. The Bertz CT molecular complexity index is 284. The Balaban J connectivity index is 1.88. The van der Waals surface area contributed by atoms with Crippen molar-refractivity contribution >= 4 is 0 Å². The van der Waals surface area contributed by atoms with Gasteiger partial charge in [0.15, 0.2) is 6.29 Å². The Morgan fingerprint density at radius 2 is 1.67 bits per heavy atom. The highest BCUT2D eigenvalue weighted by atomic mass is 16.7. The lowest BCUT2D eigenvalue weighted by molar-refractivity contribution is -0.168. The summed E-state index contributed by atoms with van der Waals surface area (Å²) < 4.78 is 11.5. The molecular formula is C22H42O2. The van der Waals surface area contributed by atoms with E-state index >= 15 is 0 Å². The summed E-state index contributed by atoms with van der Waals surface area (Å²) in [5.74, 6) is 1.54. The molecule has 0 bridgehead atoms. The molecule has 0 amide bonds. The lowest BCUT2D eigenvalue weighted by Crippen LogP contribution is -2.24. The van der Waals surface area contributed by atoms with Crippen molar-refractivity contribution in [1.29, 1.82) is 0 Å². The molecule has 1 aliphatic heterocycles. The molecule has 1 fully saturated rings. The van der Waals surface area contributed by atoms with Crippen molar-refractivity contribution in [3.63, 3.8) is 0 Å². The van der Waals surface area contributed by atoms with Crippen LogP contribution >= 0.6 is 0 Å². The predicted molar refractivity (Wildman–Crippen MR) is 104 cm³/mol. The first kappa shape index (κ1) is 21.7. The maximum Gasteiger partial charge on any atom is 0.157 e. The highest BCUT2D eigenvalue weighted by Crippen LogP contribution is 2.20. The third-order valence-electron chi connectivity index (χ3n) is 5.20. The standard InChI is InChI=1S/C22H42O2/c1-4-5-6-7-8-9-10-14-20(2)15-13-16-21(3)19-24-22-17-11-12-18-23-22/h4,20-22H,1,5-19H2,2-3H3/t20-,21+,22?/m1/s1. The highest BCUT2D eigenvalue weighted by Gasteiger charge is 2.15. The predicted octanol–water partition coefficient (Wildman–Crippen LogP) is 6.89. The summed E-state index contributed by atoms with van der Waals surface area (Å²) in [6, 6.07) is 0. The van der Waals surface area contributed by atoms with Gasteiger partial charge in [0, 0.05) is 6.61 Å². The lowest BCUT2D eigenvalue weighted by Gasteiger charge is -2.24. The highest BCUT2D eigenvalue weighted by molar-refractivity contribution is 4.65. The van der Waals surface area contributed by atoms with Crippen molar-refractivity contribution in [2.75, 3.05) is 13.2 Å². The summed E-state index contributed by atoms with van der Waals surface area (Å²) in [6.45, 7) is 10.3. The molecule has 142 valence electrons. The van der Waals surface area contributed by atoms with Crippen LogP contribution in [0.15, 0.2) is 12.7 Å². The van der Waals surface area contributed by atoms with Crippen LogP contribution in [0.5, 0.6) is 0 Å². The zero-order valence-electron chi connectivity index (χ0n) is 16.4. The minimum atomic E-state index is 0.0756. The summed E-state index contributed by atoms with van der Waals surface area (Å²) in [6.07, 6.45) is 19.2. The fourth-order valence-corrected chi connectivity index (χ4v) is 3.47. The van der Waals surface area contributed by atoms with E-state index in [4.69, 9.17) is 9.47 Å². The van der Waals surface area contributed by atoms with Gasteiger partial charge in [-0.05, 0) is 50.4 Å². The monoisotopic (exact) mass is 338 g/mol. The first-order valence-corrected chi connectivity index (χ1v) is 10.6. The van der Waals surface area contributed by atoms with Gasteiger partial charge in [-0.2, -0.15) is 0 Å². The maximum absolute atomic E-state index is 5.89. The van der Waals surface area contributed by atoms with Gasteiger partial charge in [-0.25, -0.2) is 0 Å². The topological polar surface area (TPSA) is 18.5 Å². The molecule has 0 aromatic rings. The van der Waals surface area contributed by atoms with Gasteiger partial charge in [-0.1, -0.05) is 64.9 Å². The van der Waals surface area contributed by atoms with E-state index in [1.54, 1.807) is 0 Å². The van der Waals surface area contributed by atoms with Gasteiger partial charge in [0.1, 0.15) is 0 Å². The summed E-state index contributed by atoms with van der Waals surface area (Å²) in [4.78, 5) is 0. The van der Waals surface area contributed by atoms with Crippen LogP contribution in [0.1, 0.15) is 97.3 Å². The number of allylic oxidation sites excluding steroid dienone is 1. The van der Waals surface area contributed by atoms with Crippen LogP contribution in [0.4, 0.5) is 0 Å². The second-order valence-electron chi connectivity index (χ2n) is 7.90. The van der Waals surface area contributed by atoms with Gasteiger partial charge in [-0.3, -0.25) is 0 Å². The van der Waals surface area contributed by atoms with E-state index < -0.39 is 0 Å². The molecule has 2 heteroatoms. The molecule has 0 aromatic carbocycles. The molecule has 0 radical (unpaired) electrons. The van der Waals surface area contributed by atoms with E-state index in [0.29, 0.717) is 5.92 Å². The molecule has 0 spiro atoms. The molecule has 0 N–H and O–H groups in total. The fraction of sp³-hybridized carbons (Fsp3) is 0.909. The minimum Gasteiger partial charge on any atom is -0.353 e. The number of hydrogen-bond donors (Lipinski definition) is 0. The van der Waals surface area contributed by atoms with E-state index in [9.17, 15) is 0 Å². The molecule has 1 heterocycles. The zero-order valence-corrected chi connectivity index (χ0v) is 16.4. The SMILES string of the molecule is C=CCCCCCCC[C@@H](C)CCC[C@H](C)COC1CCCCO1. The van der Waals surface area contributed by atoms with E-state index in [2.05, 4.69) is 20.4 Å². The second kappa shape index (κ2) is 15.0. The van der Waals surface area contributed by atoms with Crippen LogP contribution in [0.2, 0.25) is 0 Å². The Hall–Kier alpha value is -0.340. The van der Waals surface area contributed by atoms with E-state index in [0.717, 1.165) is 25.6 Å². The van der Waals surface area contributed by atoms with Crippen molar-refractivity contribution in [2.24, 2.45) is 11.8 Å². The van der Waals surface area contributed by atoms with E-state index in [1.807, 2.05) is 6.08 Å². The van der Waals surface area contributed by atoms with E-state index in [1.165, 1.54) is 77.0 Å². The molecule has 1 saturated heterocycles. The van der Waals surface area contributed by atoms with Crippen molar-refractivity contribution in [1.82, 2.24) is 0 Å². The normalized spacial score (nSPS) is 20.7. The van der Waals surface area contributed by atoms with Crippen molar-refractivity contribution in [3.05, 3.63) is 12.7 Å². The molecule has 1 aliphatic rings. The number of unbranched alkanes of at least 4 members (excludes halogenated alkanes) is 5. The van der Waals surface area contributed by atoms with Crippen molar-refractivity contribution < 1.29 is 9.47 Å². The molecule has 3 atom stereocenters. The Labute approximate surface area is 151 Å². The molecular weight excluding hydrogens is 296 g/mol. The Morgan fingerprint density at radius 3 is 2.42 bits per heavy atom. The Morgan fingerprint density at radius 1 is 0.958 bits per heavy atom. The maximum atomic E-state index is 5.89. The van der Waals surface area contributed by atoms with Gasteiger partial charge >= 0.3 is 0 Å². The Kier molecular flexibility index (Phi) is 13.5. The molecule has 0 saturated carbocycles. The van der Waals surface area contributed by atoms with Crippen molar-refractivity contribution in [2.45, 2.75) is 104 Å². The first-order valence-electron chi connectivity index (χ1n) is 10.6. The summed E-state index contributed by atoms with van der Waals surface area (Å²) in [7, 11) is 0. The van der Waals surface area contributed by atoms with Crippen LogP contribution in [-0.2, 0) is 9.47 Å². The summed E-state index contributed by atoms with van der Waals surface area (Å²) >= 11 is 0. The molecule has 0 aromatic heterocycles. The summed E-state index contributed by atoms with van der Waals surface area (Å²) in [5, 5.41) is 0. The number of hydrogen-bond acceptors (Lipinski definition) is 2.